The Labute approximate surface area is 185 Å². The van der Waals surface area contributed by atoms with Gasteiger partial charge in [-0.3, -0.25) is 14.9 Å². The number of carbonyl (C=O) groups excluding carboxylic acids is 2. The number of esters is 1. The van der Waals surface area contributed by atoms with E-state index in [1.807, 2.05) is 24.3 Å². The highest BCUT2D eigenvalue weighted by atomic mass is 79.9. The molecule has 0 bridgehead atoms. The first-order valence-electron chi connectivity index (χ1n) is 9.04. The second kappa shape index (κ2) is 10.3. The maximum Gasteiger partial charge on any atom is 0.343 e. The number of non-ortho nitro benzene ring substituents is 1. The molecular weight excluding hydrogens is 466 g/mol. The van der Waals surface area contributed by atoms with Gasteiger partial charge in [0.05, 0.1) is 23.1 Å². The summed E-state index contributed by atoms with van der Waals surface area (Å²) in [7, 11) is 0. The Morgan fingerprint density at radius 3 is 2.26 bits per heavy atom. The molecule has 1 N–H and O–H groups in total. The van der Waals surface area contributed by atoms with Crippen molar-refractivity contribution < 1.29 is 19.2 Å². The zero-order chi connectivity index (χ0) is 22.2. The molecule has 0 saturated heterocycles. The summed E-state index contributed by atoms with van der Waals surface area (Å²) in [6.07, 6.45) is 1.68. The van der Waals surface area contributed by atoms with Crippen molar-refractivity contribution in [2.75, 3.05) is 0 Å². The third kappa shape index (κ3) is 6.58. The lowest BCUT2D eigenvalue weighted by molar-refractivity contribution is -0.384. The predicted molar refractivity (Wildman–Crippen MR) is 118 cm³/mol. The highest BCUT2D eigenvalue weighted by Crippen LogP contribution is 2.16. The quantitative estimate of drug-likeness (QED) is 0.178. The normalized spacial score (nSPS) is 10.6. The third-order valence-corrected chi connectivity index (χ3v) is 4.61. The number of amides is 1. The molecule has 0 aliphatic carbocycles. The van der Waals surface area contributed by atoms with Gasteiger partial charge in [0, 0.05) is 16.6 Å². The Balaban J connectivity index is 1.51. The van der Waals surface area contributed by atoms with Crippen LogP contribution in [0.25, 0.3) is 0 Å². The number of hydrogen-bond donors (Lipinski definition) is 1. The second-order valence-electron chi connectivity index (χ2n) is 6.36. The van der Waals surface area contributed by atoms with Crippen LogP contribution in [-0.2, 0) is 11.2 Å². The number of nitrogens with one attached hydrogen (secondary N) is 1. The van der Waals surface area contributed by atoms with Crippen LogP contribution in [0.3, 0.4) is 0 Å². The van der Waals surface area contributed by atoms with Gasteiger partial charge in [-0.1, -0.05) is 28.1 Å². The molecule has 0 fully saturated rings. The van der Waals surface area contributed by atoms with E-state index in [-0.39, 0.29) is 23.6 Å². The van der Waals surface area contributed by atoms with Gasteiger partial charge < -0.3 is 4.74 Å². The van der Waals surface area contributed by atoms with Crippen molar-refractivity contribution in [3.63, 3.8) is 0 Å². The maximum absolute atomic E-state index is 12.1. The minimum absolute atomic E-state index is 0.107. The Morgan fingerprint density at radius 1 is 1.00 bits per heavy atom. The third-order valence-electron chi connectivity index (χ3n) is 4.09. The average molecular weight is 482 g/mol. The average Bonchev–Trinajstić information content (AvgIpc) is 2.76. The molecule has 3 aromatic carbocycles. The lowest BCUT2D eigenvalue weighted by atomic mass is 10.1. The second-order valence-corrected chi connectivity index (χ2v) is 7.27. The number of hydrogen-bond acceptors (Lipinski definition) is 6. The van der Waals surface area contributed by atoms with Gasteiger partial charge in [-0.05, 0) is 59.7 Å². The van der Waals surface area contributed by atoms with Crippen LogP contribution in [-0.4, -0.2) is 23.0 Å². The van der Waals surface area contributed by atoms with Crippen LogP contribution in [0.5, 0.6) is 5.75 Å². The van der Waals surface area contributed by atoms with E-state index in [0.717, 1.165) is 10.0 Å². The summed E-state index contributed by atoms with van der Waals surface area (Å²) in [5, 5.41) is 14.6. The van der Waals surface area contributed by atoms with Gasteiger partial charge >= 0.3 is 5.97 Å². The molecule has 0 aromatic heterocycles. The lowest BCUT2D eigenvalue weighted by Gasteiger charge is -2.04. The van der Waals surface area contributed by atoms with Crippen LogP contribution in [0.1, 0.15) is 21.5 Å². The van der Waals surface area contributed by atoms with E-state index in [2.05, 4.69) is 26.5 Å². The molecule has 31 heavy (non-hydrogen) atoms. The number of benzene rings is 3. The molecular formula is C22H16BrN3O5. The van der Waals surface area contributed by atoms with Gasteiger partial charge in [0.2, 0.25) is 5.91 Å². The Bertz CT molecular complexity index is 1110. The van der Waals surface area contributed by atoms with Gasteiger partial charge in [0.1, 0.15) is 5.75 Å². The molecule has 0 radical (unpaired) electrons. The molecule has 0 atom stereocenters. The first-order valence-corrected chi connectivity index (χ1v) is 9.83. The minimum atomic E-state index is -0.628. The van der Waals surface area contributed by atoms with Crippen molar-refractivity contribution in [3.05, 3.63) is 104 Å². The largest absolute Gasteiger partial charge is 0.423 e. The van der Waals surface area contributed by atoms with E-state index >= 15 is 0 Å². The Hall–Kier alpha value is -3.85. The number of nitro benzene ring substituents is 1. The van der Waals surface area contributed by atoms with Gasteiger partial charge in [0.15, 0.2) is 0 Å². The summed E-state index contributed by atoms with van der Waals surface area (Å²) < 4.78 is 6.19. The molecule has 0 heterocycles. The first kappa shape index (κ1) is 21.8. The number of rotatable bonds is 7. The summed E-state index contributed by atoms with van der Waals surface area (Å²) in [6, 6.07) is 19.1. The monoisotopic (exact) mass is 481 g/mol. The summed E-state index contributed by atoms with van der Waals surface area (Å²) >= 11 is 3.34. The Morgan fingerprint density at radius 2 is 1.65 bits per heavy atom. The van der Waals surface area contributed by atoms with Gasteiger partial charge in [0.25, 0.3) is 5.69 Å². The lowest BCUT2D eigenvalue weighted by Crippen LogP contribution is -2.19. The minimum Gasteiger partial charge on any atom is -0.423 e. The molecule has 156 valence electrons. The van der Waals surface area contributed by atoms with Gasteiger partial charge in [-0.25, -0.2) is 10.2 Å². The van der Waals surface area contributed by atoms with E-state index in [1.54, 1.807) is 24.3 Å². The van der Waals surface area contributed by atoms with Gasteiger partial charge in [-0.2, -0.15) is 5.10 Å². The van der Waals surface area contributed by atoms with E-state index < -0.39 is 10.9 Å². The van der Waals surface area contributed by atoms with Crippen LogP contribution in [0.15, 0.2) is 82.4 Å². The number of nitro groups is 1. The van der Waals surface area contributed by atoms with Crippen molar-refractivity contribution >= 4 is 39.7 Å². The molecule has 0 aliphatic heterocycles. The molecule has 0 saturated carbocycles. The molecule has 0 unspecified atom stereocenters. The van der Waals surface area contributed by atoms with Crippen LogP contribution < -0.4 is 10.2 Å². The zero-order valence-electron chi connectivity index (χ0n) is 16.0. The fraction of sp³-hybridized carbons (Fsp3) is 0.0455. The SMILES string of the molecule is O=C(Cc1ccc(Br)cc1)N/N=C/c1ccc(OC(=O)c2ccc([N+](=O)[O-])cc2)cc1. The van der Waals surface area contributed by atoms with Crippen molar-refractivity contribution in [3.8, 4) is 5.75 Å². The Kier molecular flexibility index (Phi) is 7.23. The number of carbonyl (C=O) groups is 2. The number of halogens is 1. The van der Waals surface area contributed by atoms with Crippen molar-refractivity contribution in [2.24, 2.45) is 5.10 Å². The smallest absolute Gasteiger partial charge is 0.343 e. The predicted octanol–water partition coefficient (Wildman–Crippen LogP) is 4.27. The van der Waals surface area contributed by atoms with E-state index in [4.69, 9.17) is 4.74 Å². The van der Waals surface area contributed by atoms with E-state index in [9.17, 15) is 19.7 Å². The maximum atomic E-state index is 12.1. The summed E-state index contributed by atoms with van der Waals surface area (Å²) in [6.45, 7) is 0. The standard InChI is InChI=1S/C22H16BrN3O5/c23-18-7-1-15(2-8-18)13-21(27)25-24-14-16-3-11-20(12-4-16)31-22(28)17-5-9-19(10-6-17)26(29)30/h1-12,14H,13H2,(H,25,27)/b24-14+. The molecule has 3 rings (SSSR count). The van der Waals surface area contributed by atoms with Crippen molar-refractivity contribution in [2.45, 2.75) is 6.42 Å². The fourth-order valence-corrected chi connectivity index (χ4v) is 2.78. The number of hydrazone groups is 1. The van der Waals surface area contributed by atoms with Crippen LogP contribution in [0.2, 0.25) is 0 Å². The van der Waals surface area contributed by atoms with Crippen molar-refractivity contribution in [1.82, 2.24) is 5.43 Å². The first-order chi connectivity index (χ1) is 14.9. The van der Waals surface area contributed by atoms with Crippen LogP contribution >= 0.6 is 15.9 Å². The molecule has 0 spiro atoms. The van der Waals surface area contributed by atoms with Crippen LogP contribution in [0, 0.1) is 10.1 Å². The number of nitrogens with zero attached hydrogens (tertiary/aromatic N) is 2. The van der Waals surface area contributed by atoms with Gasteiger partial charge in [-0.15, -0.1) is 0 Å². The molecule has 9 heteroatoms. The van der Waals surface area contributed by atoms with E-state index in [1.165, 1.54) is 30.5 Å². The molecule has 8 nitrogen and oxygen atoms in total. The van der Waals surface area contributed by atoms with Crippen LogP contribution in [0.4, 0.5) is 5.69 Å². The van der Waals surface area contributed by atoms with E-state index in [0.29, 0.717) is 11.3 Å². The number of ether oxygens (including phenoxy) is 1. The highest BCUT2D eigenvalue weighted by molar-refractivity contribution is 9.10. The molecule has 0 aliphatic rings. The fourth-order valence-electron chi connectivity index (χ4n) is 2.51. The summed E-state index contributed by atoms with van der Waals surface area (Å²) in [5.41, 5.74) is 4.12. The topological polar surface area (TPSA) is 111 Å². The molecule has 3 aromatic rings. The van der Waals surface area contributed by atoms with Crippen molar-refractivity contribution in [1.29, 1.82) is 0 Å². The highest BCUT2D eigenvalue weighted by Gasteiger charge is 2.11. The molecule has 1 amide bonds. The zero-order valence-corrected chi connectivity index (χ0v) is 17.6. The summed E-state index contributed by atoms with van der Waals surface area (Å²) in [4.78, 5) is 34.2. The summed E-state index contributed by atoms with van der Waals surface area (Å²) in [5.74, 6) is -0.566.